The van der Waals surface area contributed by atoms with Crippen LogP contribution >= 0.6 is 0 Å². The topological polar surface area (TPSA) is 25.2 Å². The lowest BCUT2D eigenvalue weighted by atomic mass is 9.52. The molecule has 156 valence electrons. The van der Waals surface area contributed by atoms with Crippen LogP contribution in [0.3, 0.4) is 0 Å². The van der Waals surface area contributed by atoms with E-state index in [9.17, 15) is 4.79 Å². The lowest BCUT2D eigenvalue weighted by Crippen LogP contribution is -2.58. The zero-order valence-corrected chi connectivity index (χ0v) is 18.2. The van der Waals surface area contributed by atoms with Crippen molar-refractivity contribution in [1.29, 1.82) is 0 Å². The van der Waals surface area contributed by atoms with Crippen LogP contribution in [-0.2, 0) is 7.05 Å². The van der Waals surface area contributed by atoms with Crippen LogP contribution in [0, 0.1) is 17.8 Å². The standard InChI is InChI=1S/C26H36N2O/c1-27-18-23(22-8-5-6-9-24(22)27)25(29)10-4-3-7-11-28(2)26-15-19-12-20(16-26)14-21(13-19)17-26/h5-6,8-9,18-21H,3-4,7,10-17H2,1-2H3. The Hall–Kier alpha value is -1.61. The number of nitrogens with zero attached hydrogens (tertiary/aromatic N) is 2. The maximum Gasteiger partial charge on any atom is 0.165 e. The van der Waals surface area contributed by atoms with Gasteiger partial charge in [0, 0.05) is 41.7 Å². The zero-order valence-electron chi connectivity index (χ0n) is 18.2. The van der Waals surface area contributed by atoms with Crippen molar-refractivity contribution in [2.24, 2.45) is 24.8 Å². The number of ketones is 1. The number of fused-ring (bicyclic) bond motifs is 1. The van der Waals surface area contributed by atoms with Crippen molar-refractivity contribution in [2.75, 3.05) is 13.6 Å². The fourth-order valence-electron chi connectivity index (χ4n) is 7.28. The molecule has 4 aliphatic carbocycles. The summed E-state index contributed by atoms with van der Waals surface area (Å²) in [6, 6.07) is 8.23. The molecule has 4 bridgehead atoms. The third kappa shape index (κ3) is 3.56. The molecule has 1 aromatic heterocycles. The number of para-hydroxylation sites is 1. The minimum Gasteiger partial charge on any atom is -0.350 e. The van der Waals surface area contributed by atoms with E-state index in [-0.39, 0.29) is 0 Å². The SMILES string of the molecule is CN(CCCCCC(=O)c1cn(C)c2ccccc12)C12CC3CC(CC(C3)C1)C2. The van der Waals surface area contributed by atoms with Crippen molar-refractivity contribution < 1.29 is 4.79 Å². The Morgan fingerprint density at radius 3 is 2.38 bits per heavy atom. The van der Waals surface area contributed by atoms with Gasteiger partial charge >= 0.3 is 0 Å². The van der Waals surface area contributed by atoms with Crippen LogP contribution in [0.4, 0.5) is 0 Å². The molecule has 0 spiro atoms. The second-order valence-corrected chi connectivity index (χ2v) is 10.5. The van der Waals surface area contributed by atoms with Gasteiger partial charge in [0.2, 0.25) is 0 Å². The van der Waals surface area contributed by atoms with E-state index in [2.05, 4.69) is 28.6 Å². The second kappa shape index (κ2) is 7.58. The molecule has 3 heteroatoms. The first kappa shape index (κ1) is 19.4. The molecule has 0 aliphatic heterocycles. The first-order chi connectivity index (χ1) is 14.0. The smallest absolute Gasteiger partial charge is 0.165 e. The van der Waals surface area contributed by atoms with Gasteiger partial charge in [0.05, 0.1) is 0 Å². The normalized spacial score (nSPS) is 30.5. The summed E-state index contributed by atoms with van der Waals surface area (Å²) >= 11 is 0. The predicted octanol–water partition coefficient (Wildman–Crippen LogP) is 5.82. The molecule has 0 saturated heterocycles. The van der Waals surface area contributed by atoms with Gasteiger partial charge in [-0.25, -0.2) is 0 Å². The number of unbranched alkanes of at least 4 members (excludes halogenated alkanes) is 2. The van der Waals surface area contributed by atoms with Gasteiger partial charge in [0.15, 0.2) is 5.78 Å². The lowest BCUT2D eigenvalue weighted by Gasteiger charge is -2.60. The molecule has 2 aromatic rings. The summed E-state index contributed by atoms with van der Waals surface area (Å²) in [6.45, 7) is 1.20. The van der Waals surface area contributed by atoms with Gasteiger partial charge in [-0.1, -0.05) is 24.6 Å². The third-order valence-corrected chi connectivity index (χ3v) is 8.41. The number of carbonyl (C=O) groups is 1. The fourth-order valence-corrected chi connectivity index (χ4v) is 7.28. The summed E-state index contributed by atoms with van der Waals surface area (Å²) in [5, 5.41) is 1.10. The van der Waals surface area contributed by atoms with Gasteiger partial charge in [0.1, 0.15) is 0 Å². The monoisotopic (exact) mass is 392 g/mol. The van der Waals surface area contributed by atoms with Crippen molar-refractivity contribution in [2.45, 2.75) is 69.7 Å². The van der Waals surface area contributed by atoms with E-state index >= 15 is 0 Å². The molecule has 0 N–H and O–H groups in total. The highest BCUT2D eigenvalue weighted by Gasteiger charge is 2.52. The number of aryl methyl sites for hydroxylation is 1. The minimum atomic E-state index is 0.302. The van der Waals surface area contributed by atoms with Gasteiger partial charge in [-0.2, -0.15) is 0 Å². The minimum absolute atomic E-state index is 0.302. The fraction of sp³-hybridized carbons (Fsp3) is 0.654. The Kier molecular flexibility index (Phi) is 5.06. The van der Waals surface area contributed by atoms with Crippen LogP contribution in [0.1, 0.15) is 74.6 Å². The summed E-state index contributed by atoms with van der Waals surface area (Å²) in [7, 11) is 4.41. The number of benzene rings is 1. The lowest BCUT2D eigenvalue weighted by molar-refractivity contribution is -0.0793. The number of aromatic nitrogens is 1. The summed E-state index contributed by atoms with van der Waals surface area (Å²) in [5.41, 5.74) is 2.56. The average Bonchev–Trinajstić information content (AvgIpc) is 3.03. The third-order valence-electron chi connectivity index (χ3n) is 8.41. The molecule has 29 heavy (non-hydrogen) atoms. The molecular weight excluding hydrogens is 356 g/mol. The van der Waals surface area contributed by atoms with Crippen molar-refractivity contribution in [1.82, 2.24) is 9.47 Å². The Balaban J connectivity index is 1.10. The van der Waals surface area contributed by atoms with Crippen LogP contribution in [0.5, 0.6) is 0 Å². The summed E-state index contributed by atoms with van der Waals surface area (Å²) < 4.78 is 2.07. The van der Waals surface area contributed by atoms with E-state index in [0.29, 0.717) is 17.7 Å². The quantitative estimate of drug-likeness (QED) is 0.418. The maximum atomic E-state index is 12.8. The van der Waals surface area contributed by atoms with Crippen molar-refractivity contribution in [3.63, 3.8) is 0 Å². The van der Waals surface area contributed by atoms with E-state index in [4.69, 9.17) is 0 Å². The summed E-state index contributed by atoms with van der Waals surface area (Å²) in [6.07, 6.45) is 15.0. The molecule has 0 amide bonds. The molecule has 1 heterocycles. The van der Waals surface area contributed by atoms with E-state index < -0.39 is 0 Å². The number of hydrogen-bond acceptors (Lipinski definition) is 2. The van der Waals surface area contributed by atoms with Crippen LogP contribution in [0.25, 0.3) is 10.9 Å². The summed E-state index contributed by atoms with van der Waals surface area (Å²) in [5.74, 6) is 3.35. The van der Waals surface area contributed by atoms with Crippen LogP contribution in [0.2, 0.25) is 0 Å². The molecule has 6 rings (SSSR count). The highest BCUT2D eigenvalue weighted by molar-refractivity contribution is 6.08. The number of carbonyl (C=O) groups excluding carboxylic acids is 1. The van der Waals surface area contributed by atoms with Crippen LogP contribution < -0.4 is 0 Å². The van der Waals surface area contributed by atoms with Gasteiger partial charge in [0.25, 0.3) is 0 Å². The van der Waals surface area contributed by atoms with Crippen molar-refractivity contribution >= 4 is 16.7 Å². The Bertz CT molecular complexity index is 860. The van der Waals surface area contributed by atoms with Crippen molar-refractivity contribution in [3.8, 4) is 0 Å². The number of Topliss-reactive ketones (excluding diaryl/α,β-unsaturated/α-hetero) is 1. The Morgan fingerprint density at radius 1 is 1.03 bits per heavy atom. The Labute approximate surface area is 175 Å². The van der Waals surface area contributed by atoms with E-state index in [1.165, 1.54) is 51.5 Å². The highest BCUT2D eigenvalue weighted by atomic mass is 16.1. The molecule has 4 fully saturated rings. The molecule has 0 radical (unpaired) electrons. The van der Waals surface area contributed by atoms with Crippen molar-refractivity contribution in [3.05, 3.63) is 36.0 Å². The second-order valence-electron chi connectivity index (χ2n) is 10.5. The van der Waals surface area contributed by atoms with Crippen LogP contribution in [-0.4, -0.2) is 34.4 Å². The number of hydrogen-bond donors (Lipinski definition) is 0. The molecular formula is C26H36N2O. The maximum absolute atomic E-state index is 12.8. The molecule has 4 saturated carbocycles. The Morgan fingerprint density at radius 2 is 1.69 bits per heavy atom. The van der Waals surface area contributed by atoms with Gasteiger partial charge in [-0.05, 0) is 88.8 Å². The molecule has 0 atom stereocenters. The largest absolute Gasteiger partial charge is 0.350 e. The molecule has 1 aromatic carbocycles. The molecule has 3 nitrogen and oxygen atoms in total. The average molecular weight is 393 g/mol. The first-order valence-electron chi connectivity index (χ1n) is 11.8. The van der Waals surface area contributed by atoms with E-state index in [1.807, 2.05) is 25.4 Å². The summed E-state index contributed by atoms with van der Waals surface area (Å²) in [4.78, 5) is 15.5. The number of rotatable bonds is 8. The first-order valence-corrected chi connectivity index (χ1v) is 11.8. The highest BCUT2D eigenvalue weighted by Crippen LogP contribution is 2.57. The zero-order chi connectivity index (χ0) is 20.0. The molecule has 0 unspecified atom stereocenters. The van der Waals surface area contributed by atoms with Crippen LogP contribution in [0.15, 0.2) is 30.5 Å². The van der Waals surface area contributed by atoms with Gasteiger partial charge in [-0.15, -0.1) is 0 Å². The van der Waals surface area contributed by atoms with E-state index in [1.54, 1.807) is 0 Å². The molecule has 4 aliphatic rings. The van der Waals surface area contributed by atoms with Gasteiger partial charge < -0.3 is 9.47 Å². The predicted molar refractivity (Wildman–Crippen MR) is 119 cm³/mol. The van der Waals surface area contributed by atoms with Gasteiger partial charge in [-0.3, -0.25) is 4.79 Å². The van der Waals surface area contributed by atoms with E-state index in [0.717, 1.165) is 47.1 Å².